The molecule has 0 bridgehead atoms. The molecule has 0 aliphatic carbocycles. The fourth-order valence-electron chi connectivity index (χ4n) is 1.72. The summed E-state index contributed by atoms with van der Waals surface area (Å²) < 4.78 is 10.1. The molecule has 21 heavy (non-hydrogen) atoms. The van der Waals surface area contributed by atoms with Gasteiger partial charge in [-0.15, -0.1) is 0 Å². The summed E-state index contributed by atoms with van der Waals surface area (Å²) in [4.78, 5) is 11.6. The first kappa shape index (κ1) is 16.8. The van der Waals surface area contributed by atoms with Gasteiger partial charge in [-0.25, -0.2) is 0 Å². The summed E-state index contributed by atoms with van der Waals surface area (Å²) in [5.74, 6) is 0.330. The summed E-state index contributed by atoms with van der Waals surface area (Å²) in [6.45, 7) is 1.22. The van der Waals surface area contributed by atoms with E-state index in [2.05, 4.69) is 5.32 Å². The van der Waals surface area contributed by atoms with Crippen LogP contribution in [0.2, 0.25) is 0 Å². The van der Waals surface area contributed by atoms with Crippen LogP contribution in [0.3, 0.4) is 0 Å². The van der Waals surface area contributed by atoms with Crippen molar-refractivity contribution in [3.8, 4) is 17.2 Å². The number of methoxy groups -OCH3 is 2. The van der Waals surface area contributed by atoms with Gasteiger partial charge in [-0.05, 0) is 43.2 Å². The minimum Gasteiger partial charge on any atom is -0.502 e. The molecule has 6 nitrogen and oxygen atoms in total. The van der Waals surface area contributed by atoms with Crippen LogP contribution in [-0.4, -0.2) is 38.3 Å². The number of aromatic hydroxyl groups is 1. The molecular formula is C15H22N2O4. The molecule has 1 aromatic carbocycles. The van der Waals surface area contributed by atoms with Crippen LogP contribution in [0.5, 0.6) is 17.2 Å². The first-order valence-corrected chi connectivity index (χ1v) is 6.73. The smallest absolute Gasteiger partial charge is 0.243 e. The number of rotatable bonds is 8. The molecule has 0 spiro atoms. The quantitative estimate of drug-likeness (QED) is 0.496. The van der Waals surface area contributed by atoms with Crippen LogP contribution in [0.25, 0.3) is 6.08 Å². The maximum Gasteiger partial charge on any atom is 0.243 e. The largest absolute Gasteiger partial charge is 0.502 e. The number of unbranched alkanes of at least 4 members (excludes halogenated alkanes) is 1. The Morgan fingerprint density at radius 2 is 1.90 bits per heavy atom. The second-order valence-electron chi connectivity index (χ2n) is 4.39. The minimum absolute atomic E-state index is 0.0663. The standard InChI is InChI=1S/C15H22N2O4/c1-20-12-9-11(10-13(21-2)15(12)19)5-6-14(18)17-8-4-3-7-16/h5-6,9-10,19H,3-4,7-8,16H2,1-2H3,(H,17,18)/b6-5-. The number of phenols is 1. The van der Waals surface area contributed by atoms with Crippen LogP contribution < -0.4 is 20.5 Å². The maximum atomic E-state index is 11.6. The number of nitrogens with two attached hydrogens (primary N) is 1. The number of hydrogen-bond donors (Lipinski definition) is 3. The molecule has 0 aromatic heterocycles. The number of carbonyl (C=O) groups excluding carboxylic acids is 1. The summed E-state index contributed by atoms with van der Waals surface area (Å²) >= 11 is 0. The van der Waals surface area contributed by atoms with Gasteiger partial charge in [0.25, 0.3) is 0 Å². The molecule has 0 heterocycles. The van der Waals surface area contributed by atoms with E-state index in [-0.39, 0.29) is 23.2 Å². The highest BCUT2D eigenvalue weighted by Crippen LogP contribution is 2.37. The van der Waals surface area contributed by atoms with E-state index in [1.807, 2.05) is 0 Å². The highest BCUT2D eigenvalue weighted by atomic mass is 16.5. The maximum absolute atomic E-state index is 11.6. The average molecular weight is 294 g/mol. The molecule has 0 unspecified atom stereocenters. The van der Waals surface area contributed by atoms with E-state index >= 15 is 0 Å². The predicted octanol–water partition coefficient (Wildman–Crippen LogP) is 1.28. The number of hydrogen-bond acceptors (Lipinski definition) is 5. The van der Waals surface area contributed by atoms with Crippen LogP contribution in [0.15, 0.2) is 18.2 Å². The topological polar surface area (TPSA) is 93.8 Å². The Labute approximate surface area is 124 Å². The van der Waals surface area contributed by atoms with Crippen LogP contribution in [0.1, 0.15) is 18.4 Å². The lowest BCUT2D eigenvalue weighted by Gasteiger charge is -2.09. The molecule has 6 heteroatoms. The molecule has 0 aliphatic rings. The van der Waals surface area contributed by atoms with Crippen molar-refractivity contribution in [2.75, 3.05) is 27.3 Å². The number of amides is 1. The van der Waals surface area contributed by atoms with Crippen molar-refractivity contribution in [1.29, 1.82) is 0 Å². The summed E-state index contributed by atoms with van der Waals surface area (Å²) in [5.41, 5.74) is 6.07. The number of carbonyl (C=O) groups is 1. The average Bonchev–Trinajstić information content (AvgIpc) is 2.50. The van der Waals surface area contributed by atoms with E-state index in [4.69, 9.17) is 15.2 Å². The molecule has 4 N–H and O–H groups in total. The van der Waals surface area contributed by atoms with Gasteiger partial charge in [0.05, 0.1) is 14.2 Å². The summed E-state index contributed by atoms with van der Waals surface area (Å²) in [6.07, 6.45) is 4.80. The van der Waals surface area contributed by atoms with Crippen LogP contribution in [-0.2, 0) is 4.79 Å². The van der Waals surface area contributed by atoms with E-state index in [0.29, 0.717) is 18.7 Å². The lowest BCUT2D eigenvalue weighted by molar-refractivity contribution is -0.116. The van der Waals surface area contributed by atoms with Crippen molar-refractivity contribution >= 4 is 12.0 Å². The number of benzene rings is 1. The Hall–Kier alpha value is -2.21. The minimum atomic E-state index is -0.182. The van der Waals surface area contributed by atoms with Crippen molar-refractivity contribution in [1.82, 2.24) is 5.32 Å². The third-order valence-corrected chi connectivity index (χ3v) is 2.86. The lowest BCUT2D eigenvalue weighted by atomic mass is 10.1. The van der Waals surface area contributed by atoms with E-state index in [9.17, 15) is 9.90 Å². The van der Waals surface area contributed by atoms with E-state index in [0.717, 1.165) is 12.8 Å². The Morgan fingerprint density at radius 3 is 2.43 bits per heavy atom. The third-order valence-electron chi connectivity index (χ3n) is 2.86. The van der Waals surface area contributed by atoms with Gasteiger partial charge in [-0.1, -0.05) is 0 Å². The number of phenolic OH excluding ortho intramolecular Hbond substituents is 1. The van der Waals surface area contributed by atoms with Gasteiger partial charge in [0.15, 0.2) is 11.5 Å². The fraction of sp³-hybridized carbons (Fsp3) is 0.400. The van der Waals surface area contributed by atoms with Crippen LogP contribution >= 0.6 is 0 Å². The third kappa shape index (κ3) is 5.35. The van der Waals surface area contributed by atoms with Crippen molar-refractivity contribution in [2.24, 2.45) is 5.73 Å². The highest BCUT2D eigenvalue weighted by Gasteiger charge is 2.09. The second kappa shape index (κ2) is 8.86. The Morgan fingerprint density at radius 1 is 1.29 bits per heavy atom. The van der Waals surface area contributed by atoms with E-state index < -0.39 is 0 Å². The molecule has 0 aliphatic heterocycles. The van der Waals surface area contributed by atoms with E-state index in [1.165, 1.54) is 20.3 Å². The zero-order valence-electron chi connectivity index (χ0n) is 12.4. The van der Waals surface area contributed by atoms with Crippen LogP contribution in [0, 0.1) is 0 Å². The molecule has 0 fully saturated rings. The summed E-state index contributed by atoms with van der Waals surface area (Å²) in [7, 11) is 2.90. The molecule has 1 amide bonds. The lowest BCUT2D eigenvalue weighted by Crippen LogP contribution is -2.22. The Balaban J connectivity index is 2.69. The van der Waals surface area contributed by atoms with Gasteiger partial charge >= 0.3 is 0 Å². The predicted molar refractivity (Wildman–Crippen MR) is 81.5 cm³/mol. The highest BCUT2D eigenvalue weighted by molar-refractivity contribution is 5.91. The van der Waals surface area contributed by atoms with E-state index in [1.54, 1.807) is 18.2 Å². The number of ether oxygens (including phenoxy) is 2. The Kier molecular flexibility index (Phi) is 7.11. The van der Waals surface area contributed by atoms with Gasteiger partial charge in [-0.3, -0.25) is 4.79 Å². The molecule has 1 aromatic rings. The molecule has 1 rings (SSSR count). The van der Waals surface area contributed by atoms with Gasteiger partial charge < -0.3 is 25.6 Å². The zero-order valence-corrected chi connectivity index (χ0v) is 12.4. The molecular weight excluding hydrogens is 272 g/mol. The molecule has 0 saturated heterocycles. The normalized spacial score (nSPS) is 10.6. The molecule has 0 radical (unpaired) electrons. The van der Waals surface area contributed by atoms with Gasteiger partial charge in [0.1, 0.15) is 0 Å². The summed E-state index contributed by atoms with van der Waals surface area (Å²) in [5, 5.41) is 12.6. The summed E-state index contributed by atoms with van der Waals surface area (Å²) in [6, 6.07) is 3.24. The van der Waals surface area contributed by atoms with Crippen LogP contribution in [0.4, 0.5) is 0 Å². The molecule has 116 valence electrons. The Bertz CT molecular complexity index is 475. The molecule has 0 saturated carbocycles. The zero-order chi connectivity index (χ0) is 15.7. The first-order valence-electron chi connectivity index (χ1n) is 6.73. The van der Waals surface area contributed by atoms with Gasteiger partial charge in [-0.2, -0.15) is 0 Å². The van der Waals surface area contributed by atoms with Gasteiger partial charge in [0.2, 0.25) is 11.7 Å². The van der Waals surface area contributed by atoms with Crippen molar-refractivity contribution in [3.63, 3.8) is 0 Å². The SMILES string of the molecule is COc1cc(/C=C\C(=O)NCCCCN)cc(OC)c1O. The second-order valence-corrected chi connectivity index (χ2v) is 4.39. The fourth-order valence-corrected chi connectivity index (χ4v) is 1.72. The van der Waals surface area contributed by atoms with Crippen molar-refractivity contribution in [3.05, 3.63) is 23.8 Å². The van der Waals surface area contributed by atoms with Gasteiger partial charge in [0, 0.05) is 12.6 Å². The first-order chi connectivity index (χ1) is 10.1. The monoisotopic (exact) mass is 294 g/mol. The number of nitrogens with one attached hydrogen (secondary N) is 1. The molecule has 0 atom stereocenters. The van der Waals surface area contributed by atoms with Crippen molar-refractivity contribution < 1.29 is 19.4 Å². The van der Waals surface area contributed by atoms with Crippen molar-refractivity contribution in [2.45, 2.75) is 12.8 Å².